The van der Waals surface area contributed by atoms with E-state index in [1.165, 1.54) is 32.9 Å². The van der Waals surface area contributed by atoms with Crippen molar-refractivity contribution in [3.05, 3.63) is 52.0 Å². The minimum Gasteiger partial charge on any atom is -0.354 e. The Morgan fingerprint density at radius 2 is 2.06 bits per heavy atom. The van der Waals surface area contributed by atoms with Crippen LogP contribution >= 0.6 is 15.9 Å². The second-order valence-corrected chi connectivity index (χ2v) is 5.68. The summed E-state index contributed by atoms with van der Waals surface area (Å²) in [5.74, 6) is 0. The van der Waals surface area contributed by atoms with Crippen molar-refractivity contribution in [2.45, 2.75) is 12.8 Å². The number of halogens is 1. The van der Waals surface area contributed by atoms with Gasteiger partial charge in [0.1, 0.15) is 0 Å². The molecule has 0 fully saturated rings. The van der Waals surface area contributed by atoms with Crippen LogP contribution in [0.1, 0.15) is 17.5 Å². The summed E-state index contributed by atoms with van der Waals surface area (Å²) < 4.78 is 1.13. The number of rotatable bonds is 0. The number of aromatic nitrogens is 1. The molecular weight excluding hydrogens is 286 g/mol. The van der Waals surface area contributed by atoms with E-state index in [0.717, 1.165) is 17.3 Å². The summed E-state index contributed by atoms with van der Waals surface area (Å²) in [6, 6.07) is 11.0. The Kier molecular flexibility index (Phi) is 2.15. The molecule has 0 radical (unpaired) electrons. The standard InChI is InChI=1S/C16H12BrN/c17-14-7-3-6-12-13-8-10-4-1-2-5-11(10)9-15(13)18-16(12)14/h1,3-4,6-9,18H,2,5H2. The van der Waals surface area contributed by atoms with E-state index < -0.39 is 0 Å². The largest absolute Gasteiger partial charge is 0.354 e. The second-order valence-electron chi connectivity index (χ2n) is 4.83. The molecule has 0 aliphatic heterocycles. The Hall–Kier alpha value is -1.54. The van der Waals surface area contributed by atoms with E-state index in [1.807, 2.05) is 0 Å². The van der Waals surface area contributed by atoms with Crippen LogP contribution in [0.2, 0.25) is 0 Å². The van der Waals surface area contributed by atoms with E-state index in [2.05, 4.69) is 63.4 Å². The maximum atomic E-state index is 3.61. The lowest BCUT2D eigenvalue weighted by Gasteiger charge is -2.10. The summed E-state index contributed by atoms with van der Waals surface area (Å²) in [4.78, 5) is 3.53. The molecule has 1 heterocycles. The molecule has 0 spiro atoms. The number of hydrogen-bond donors (Lipinski definition) is 1. The molecule has 1 aromatic heterocycles. The summed E-state index contributed by atoms with van der Waals surface area (Å²) in [5, 5.41) is 2.61. The van der Waals surface area contributed by atoms with Crippen LogP contribution < -0.4 is 0 Å². The number of hydrogen-bond acceptors (Lipinski definition) is 0. The minimum atomic E-state index is 1.13. The lowest BCUT2D eigenvalue weighted by Crippen LogP contribution is -1.93. The minimum absolute atomic E-state index is 1.13. The van der Waals surface area contributed by atoms with Gasteiger partial charge in [-0.3, -0.25) is 0 Å². The third-order valence-electron chi connectivity index (χ3n) is 3.72. The van der Waals surface area contributed by atoms with Gasteiger partial charge < -0.3 is 4.98 Å². The highest BCUT2D eigenvalue weighted by molar-refractivity contribution is 9.10. The zero-order valence-electron chi connectivity index (χ0n) is 9.83. The summed E-state index contributed by atoms with van der Waals surface area (Å²) in [5.41, 5.74) is 5.26. The summed E-state index contributed by atoms with van der Waals surface area (Å²) >= 11 is 3.61. The second kappa shape index (κ2) is 3.72. The lowest BCUT2D eigenvalue weighted by molar-refractivity contribution is 0.988. The molecule has 2 heteroatoms. The Morgan fingerprint density at radius 3 is 3.00 bits per heavy atom. The van der Waals surface area contributed by atoms with Crippen LogP contribution in [-0.2, 0) is 6.42 Å². The molecule has 0 saturated carbocycles. The van der Waals surface area contributed by atoms with Gasteiger partial charge in [-0.25, -0.2) is 0 Å². The number of fused-ring (bicyclic) bond motifs is 4. The topological polar surface area (TPSA) is 15.8 Å². The van der Waals surface area contributed by atoms with Crippen molar-refractivity contribution in [3.8, 4) is 0 Å². The van der Waals surface area contributed by atoms with E-state index in [-0.39, 0.29) is 0 Å². The molecule has 1 aliphatic rings. The third kappa shape index (κ3) is 1.39. The van der Waals surface area contributed by atoms with E-state index in [4.69, 9.17) is 0 Å². The predicted octanol–water partition coefficient (Wildman–Crippen LogP) is 5.04. The molecule has 1 nitrogen and oxygen atoms in total. The Bertz CT molecular complexity index is 796. The maximum absolute atomic E-state index is 3.61. The van der Waals surface area contributed by atoms with E-state index in [0.29, 0.717) is 0 Å². The van der Waals surface area contributed by atoms with E-state index in [9.17, 15) is 0 Å². The summed E-state index contributed by atoms with van der Waals surface area (Å²) in [6.45, 7) is 0. The first kappa shape index (κ1) is 10.4. The third-order valence-corrected chi connectivity index (χ3v) is 4.38. The predicted molar refractivity (Wildman–Crippen MR) is 80.9 cm³/mol. The monoisotopic (exact) mass is 297 g/mol. The molecule has 1 N–H and O–H groups in total. The first-order chi connectivity index (χ1) is 8.83. The average molecular weight is 298 g/mol. The first-order valence-electron chi connectivity index (χ1n) is 6.22. The van der Waals surface area contributed by atoms with Crippen LogP contribution in [-0.4, -0.2) is 4.98 Å². The molecule has 18 heavy (non-hydrogen) atoms. The van der Waals surface area contributed by atoms with Gasteiger partial charge >= 0.3 is 0 Å². The quantitative estimate of drug-likeness (QED) is 0.598. The summed E-state index contributed by atoms with van der Waals surface area (Å²) in [6.07, 6.45) is 6.81. The van der Waals surface area contributed by atoms with Gasteiger partial charge in [0.2, 0.25) is 0 Å². The molecule has 0 amide bonds. The fourth-order valence-electron chi connectivity index (χ4n) is 2.82. The summed E-state index contributed by atoms with van der Waals surface area (Å²) in [7, 11) is 0. The molecule has 2 aromatic carbocycles. The number of nitrogens with one attached hydrogen (secondary N) is 1. The number of para-hydroxylation sites is 1. The van der Waals surface area contributed by atoms with Crippen molar-refractivity contribution in [3.63, 3.8) is 0 Å². The van der Waals surface area contributed by atoms with Crippen molar-refractivity contribution in [1.29, 1.82) is 0 Å². The zero-order valence-corrected chi connectivity index (χ0v) is 11.4. The molecule has 0 bridgehead atoms. The Balaban J connectivity index is 2.16. The number of aryl methyl sites for hydroxylation is 1. The van der Waals surface area contributed by atoms with E-state index in [1.54, 1.807) is 0 Å². The highest BCUT2D eigenvalue weighted by Crippen LogP contribution is 2.33. The molecule has 3 aromatic rings. The van der Waals surface area contributed by atoms with Gasteiger partial charge in [0, 0.05) is 20.8 Å². The van der Waals surface area contributed by atoms with Gasteiger partial charge in [0.15, 0.2) is 0 Å². The van der Waals surface area contributed by atoms with Crippen molar-refractivity contribution in [1.82, 2.24) is 4.98 Å². The molecular formula is C16H12BrN. The molecule has 4 rings (SSSR count). The van der Waals surface area contributed by atoms with Crippen LogP contribution in [0.15, 0.2) is 40.9 Å². The number of benzene rings is 2. The highest BCUT2D eigenvalue weighted by atomic mass is 79.9. The molecule has 1 aliphatic carbocycles. The highest BCUT2D eigenvalue weighted by Gasteiger charge is 2.11. The van der Waals surface area contributed by atoms with Crippen LogP contribution in [0, 0.1) is 0 Å². The van der Waals surface area contributed by atoms with Gasteiger partial charge in [0.05, 0.1) is 5.52 Å². The molecule has 0 unspecified atom stereocenters. The fraction of sp³-hybridized carbons (Fsp3) is 0.125. The average Bonchev–Trinajstić information content (AvgIpc) is 2.76. The maximum Gasteiger partial charge on any atom is 0.0609 e. The van der Waals surface area contributed by atoms with Gasteiger partial charge in [-0.05, 0) is 58.1 Å². The van der Waals surface area contributed by atoms with Crippen molar-refractivity contribution >= 4 is 43.8 Å². The molecule has 0 atom stereocenters. The van der Waals surface area contributed by atoms with Crippen LogP contribution in [0.5, 0.6) is 0 Å². The van der Waals surface area contributed by atoms with Crippen LogP contribution in [0.4, 0.5) is 0 Å². The number of allylic oxidation sites excluding steroid dienone is 1. The number of aromatic amines is 1. The van der Waals surface area contributed by atoms with E-state index >= 15 is 0 Å². The van der Waals surface area contributed by atoms with Crippen LogP contribution in [0.3, 0.4) is 0 Å². The van der Waals surface area contributed by atoms with Crippen molar-refractivity contribution < 1.29 is 0 Å². The van der Waals surface area contributed by atoms with Gasteiger partial charge in [0.25, 0.3) is 0 Å². The Labute approximate surface area is 114 Å². The van der Waals surface area contributed by atoms with Crippen LogP contribution in [0.25, 0.3) is 27.9 Å². The zero-order chi connectivity index (χ0) is 12.1. The van der Waals surface area contributed by atoms with Gasteiger partial charge in [-0.1, -0.05) is 24.3 Å². The molecule has 0 saturated heterocycles. The lowest BCUT2D eigenvalue weighted by atomic mass is 9.95. The Morgan fingerprint density at radius 1 is 1.11 bits per heavy atom. The molecule has 88 valence electrons. The fourth-order valence-corrected chi connectivity index (χ4v) is 3.28. The number of H-pyrrole nitrogens is 1. The van der Waals surface area contributed by atoms with Crippen molar-refractivity contribution in [2.75, 3.05) is 0 Å². The smallest absolute Gasteiger partial charge is 0.0609 e. The van der Waals surface area contributed by atoms with Crippen molar-refractivity contribution in [2.24, 2.45) is 0 Å². The SMILES string of the molecule is Brc1cccc2c1[nH]c1cc3c(cc12)C=CCC3. The first-order valence-corrected chi connectivity index (χ1v) is 7.01. The normalized spacial score (nSPS) is 14.3. The van der Waals surface area contributed by atoms with Gasteiger partial charge in [-0.2, -0.15) is 0 Å². The van der Waals surface area contributed by atoms with Gasteiger partial charge in [-0.15, -0.1) is 0 Å².